The molecule has 3 rings (SSSR count). The van der Waals surface area contributed by atoms with Gasteiger partial charge in [-0.1, -0.05) is 35.9 Å². The van der Waals surface area contributed by atoms with Crippen LogP contribution in [0.1, 0.15) is 24.0 Å². The third-order valence-electron chi connectivity index (χ3n) is 3.89. The van der Waals surface area contributed by atoms with Crippen LogP contribution < -0.4 is 5.32 Å². The molecule has 0 unspecified atom stereocenters. The molecule has 0 bridgehead atoms. The smallest absolute Gasteiger partial charge is 0.225 e. The SMILES string of the molecule is Cc1ccc(-c2nc3ccc(C)cn3c2NC(=O)CCCCl)cc1. The van der Waals surface area contributed by atoms with Crippen molar-refractivity contribution < 1.29 is 4.79 Å². The lowest BCUT2D eigenvalue weighted by Gasteiger charge is -2.08. The Bertz CT molecular complexity index is 868. The third-order valence-corrected chi connectivity index (χ3v) is 4.15. The van der Waals surface area contributed by atoms with Crippen LogP contribution in [0.2, 0.25) is 0 Å². The van der Waals surface area contributed by atoms with E-state index in [1.807, 2.05) is 60.8 Å². The van der Waals surface area contributed by atoms with Crippen LogP contribution in [-0.4, -0.2) is 21.2 Å². The molecule has 5 heteroatoms. The van der Waals surface area contributed by atoms with E-state index in [-0.39, 0.29) is 5.91 Å². The maximum atomic E-state index is 12.2. The van der Waals surface area contributed by atoms with Gasteiger partial charge in [0.05, 0.1) is 0 Å². The van der Waals surface area contributed by atoms with E-state index >= 15 is 0 Å². The van der Waals surface area contributed by atoms with Crippen molar-refractivity contribution in [2.24, 2.45) is 0 Å². The first-order valence-electron chi connectivity index (χ1n) is 8.00. The normalized spacial score (nSPS) is 11.0. The molecule has 24 heavy (non-hydrogen) atoms. The molecule has 124 valence electrons. The zero-order valence-electron chi connectivity index (χ0n) is 13.8. The van der Waals surface area contributed by atoms with E-state index in [9.17, 15) is 4.79 Å². The third kappa shape index (κ3) is 3.44. The number of nitrogens with one attached hydrogen (secondary N) is 1. The summed E-state index contributed by atoms with van der Waals surface area (Å²) >= 11 is 5.69. The number of hydrogen-bond acceptors (Lipinski definition) is 2. The molecule has 0 saturated heterocycles. The van der Waals surface area contributed by atoms with E-state index < -0.39 is 0 Å². The number of nitrogens with zero attached hydrogens (tertiary/aromatic N) is 2. The van der Waals surface area contributed by atoms with Crippen molar-refractivity contribution in [1.29, 1.82) is 0 Å². The summed E-state index contributed by atoms with van der Waals surface area (Å²) in [6.45, 7) is 4.07. The standard InChI is InChI=1S/C19H20ClN3O/c1-13-5-8-15(9-6-13)18-19(22-17(24)4-3-11-20)23-12-14(2)7-10-16(23)21-18/h5-10,12H,3-4,11H2,1-2H3,(H,22,24). The first kappa shape index (κ1) is 16.5. The van der Waals surface area contributed by atoms with E-state index in [1.54, 1.807) is 0 Å². The lowest BCUT2D eigenvalue weighted by Crippen LogP contribution is -2.13. The molecule has 0 aliphatic rings. The van der Waals surface area contributed by atoms with E-state index in [2.05, 4.69) is 5.32 Å². The summed E-state index contributed by atoms with van der Waals surface area (Å²) in [7, 11) is 0. The average Bonchev–Trinajstić information content (AvgIpc) is 2.91. The van der Waals surface area contributed by atoms with Gasteiger partial charge in [0.1, 0.15) is 17.2 Å². The van der Waals surface area contributed by atoms with E-state index in [1.165, 1.54) is 5.56 Å². The summed E-state index contributed by atoms with van der Waals surface area (Å²) in [5, 5.41) is 3.01. The molecular weight excluding hydrogens is 322 g/mol. The minimum absolute atomic E-state index is 0.0488. The Kier molecular flexibility index (Phi) is 4.86. The Hall–Kier alpha value is -2.33. The number of carbonyl (C=O) groups excluding carboxylic acids is 1. The summed E-state index contributed by atoms with van der Waals surface area (Å²) in [6, 6.07) is 12.1. The molecule has 1 N–H and O–H groups in total. The molecule has 3 aromatic rings. The highest BCUT2D eigenvalue weighted by Gasteiger charge is 2.16. The molecule has 0 spiro atoms. The molecule has 2 aromatic heterocycles. The van der Waals surface area contributed by atoms with Gasteiger partial charge < -0.3 is 5.32 Å². The topological polar surface area (TPSA) is 46.4 Å². The number of fused-ring (bicyclic) bond motifs is 1. The number of rotatable bonds is 5. The molecule has 0 radical (unpaired) electrons. The number of carbonyl (C=O) groups is 1. The van der Waals surface area contributed by atoms with Gasteiger partial charge in [0, 0.05) is 24.1 Å². The van der Waals surface area contributed by atoms with Gasteiger partial charge in [-0.3, -0.25) is 9.20 Å². The van der Waals surface area contributed by atoms with Gasteiger partial charge in [-0.05, 0) is 31.9 Å². The highest BCUT2D eigenvalue weighted by atomic mass is 35.5. The first-order chi connectivity index (χ1) is 11.6. The number of halogens is 1. The second-order valence-corrected chi connectivity index (χ2v) is 6.33. The lowest BCUT2D eigenvalue weighted by molar-refractivity contribution is -0.116. The van der Waals surface area contributed by atoms with Crippen LogP contribution in [0.25, 0.3) is 16.9 Å². The number of hydrogen-bond donors (Lipinski definition) is 1. The van der Waals surface area contributed by atoms with Crippen molar-refractivity contribution in [3.8, 4) is 11.3 Å². The molecule has 1 amide bonds. The predicted molar refractivity (Wildman–Crippen MR) is 98.7 cm³/mol. The quantitative estimate of drug-likeness (QED) is 0.691. The van der Waals surface area contributed by atoms with E-state index in [0.717, 1.165) is 22.5 Å². The van der Waals surface area contributed by atoms with Crippen LogP contribution in [0, 0.1) is 13.8 Å². The number of anilines is 1. The fourth-order valence-electron chi connectivity index (χ4n) is 2.60. The van der Waals surface area contributed by atoms with Crippen LogP contribution in [0.5, 0.6) is 0 Å². The van der Waals surface area contributed by atoms with Crippen molar-refractivity contribution in [3.05, 3.63) is 53.7 Å². The molecule has 2 heterocycles. The van der Waals surface area contributed by atoms with Crippen molar-refractivity contribution in [2.75, 3.05) is 11.2 Å². The number of pyridine rings is 1. The highest BCUT2D eigenvalue weighted by Crippen LogP contribution is 2.29. The van der Waals surface area contributed by atoms with Crippen molar-refractivity contribution >= 4 is 29.0 Å². The zero-order valence-corrected chi connectivity index (χ0v) is 14.6. The number of benzene rings is 1. The molecule has 0 aliphatic carbocycles. The predicted octanol–water partition coefficient (Wildman–Crippen LogP) is 4.58. The minimum Gasteiger partial charge on any atom is -0.310 e. The molecule has 0 aliphatic heterocycles. The maximum Gasteiger partial charge on any atom is 0.225 e. The van der Waals surface area contributed by atoms with Crippen LogP contribution in [-0.2, 0) is 4.79 Å². The number of aryl methyl sites for hydroxylation is 2. The lowest BCUT2D eigenvalue weighted by atomic mass is 10.1. The zero-order chi connectivity index (χ0) is 17.1. The van der Waals surface area contributed by atoms with E-state index in [0.29, 0.717) is 24.5 Å². The molecule has 1 aromatic carbocycles. The van der Waals surface area contributed by atoms with Gasteiger partial charge in [-0.15, -0.1) is 11.6 Å². The van der Waals surface area contributed by atoms with Gasteiger partial charge >= 0.3 is 0 Å². The van der Waals surface area contributed by atoms with E-state index in [4.69, 9.17) is 16.6 Å². The number of alkyl halides is 1. The average molecular weight is 342 g/mol. The van der Waals surface area contributed by atoms with Crippen LogP contribution in [0.15, 0.2) is 42.6 Å². The maximum absolute atomic E-state index is 12.2. The molecule has 0 atom stereocenters. The highest BCUT2D eigenvalue weighted by molar-refractivity contribution is 6.18. The van der Waals surface area contributed by atoms with Crippen LogP contribution in [0.4, 0.5) is 5.82 Å². The second-order valence-electron chi connectivity index (χ2n) is 5.95. The Morgan fingerprint density at radius 1 is 1.12 bits per heavy atom. The fourth-order valence-corrected chi connectivity index (χ4v) is 2.74. The van der Waals surface area contributed by atoms with Crippen molar-refractivity contribution in [1.82, 2.24) is 9.38 Å². The Morgan fingerprint density at radius 3 is 2.54 bits per heavy atom. The number of imidazole rings is 1. The number of aromatic nitrogens is 2. The second kappa shape index (κ2) is 7.05. The van der Waals surface area contributed by atoms with Gasteiger partial charge in [-0.25, -0.2) is 4.98 Å². The summed E-state index contributed by atoms with van der Waals surface area (Å²) in [6.07, 6.45) is 3.04. The summed E-state index contributed by atoms with van der Waals surface area (Å²) in [4.78, 5) is 16.9. The van der Waals surface area contributed by atoms with Crippen molar-refractivity contribution in [2.45, 2.75) is 26.7 Å². The summed E-state index contributed by atoms with van der Waals surface area (Å²) < 4.78 is 1.93. The Morgan fingerprint density at radius 2 is 1.83 bits per heavy atom. The largest absolute Gasteiger partial charge is 0.310 e. The fraction of sp³-hybridized carbons (Fsp3) is 0.263. The summed E-state index contributed by atoms with van der Waals surface area (Å²) in [5.74, 6) is 1.13. The van der Waals surface area contributed by atoms with Crippen LogP contribution in [0.3, 0.4) is 0 Å². The Balaban J connectivity index is 2.08. The number of amides is 1. The van der Waals surface area contributed by atoms with Gasteiger partial charge in [0.2, 0.25) is 5.91 Å². The molecule has 0 saturated carbocycles. The molecule has 0 fully saturated rings. The summed E-state index contributed by atoms with van der Waals surface area (Å²) in [5.41, 5.74) is 4.86. The van der Waals surface area contributed by atoms with Crippen molar-refractivity contribution in [3.63, 3.8) is 0 Å². The molecular formula is C19H20ClN3O. The van der Waals surface area contributed by atoms with Gasteiger partial charge in [0.15, 0.2) is 0 Å². The van der Waals surface area contributed by atoms with Gasteiger partial charge in [-0.2, -0.15) is 0 Å². The molecule has 4 nitrogen and oxygen atoms in total. The van der Waals surface area contributed by atoms with Gasteiger partial charge in [0.25, 0.3) is 0 Å². The first-order valence-corrected chi connectivity index (χ1v) is 8.53. The Labute approximate surface area is 146 Å². The monoisotopic (exact) mass is 341 g/mol. The van der Waals surface area contributed by atoms with Crippen LogP contribution >= 0.6 is 11.6 Å². The minimum atomic E-state index is -0.0488.